The quantitative estimate of drug-likeness (QED) is 0.884. The minimum Gasteiger partial charge on any atom is -0.491 e. The van der Waals surface area contributed by atoms with Gasteiger partial charge in [0.1, 0.15) is 5.75 Å². The van der Waals surface area contributed by atoms with Crippen molar-refractivity contribution in [3.63, 3.8) is 0 Å². The fraction of sp³-hybridized carbons (Fsp3) is 0.600. The van der Waals surface area contributed by atoms with Gasteiger partial charge in [0.15, 0.2) is 0 Å². The summed E-state index contributed by atoms with van der Waals surface area (Å²) in [7, 11) is 0. The van der Waals surface area contributed by atoms with E-state index in [1.165, 1.54) is 5.69 Å². The predicted molar refractivity (Wildman–Crippen MR) is 77.8 cm³/mol. The molecule has 1 atom stereocenters. The molecular formula is C15H24N2O2. The summed E-state index contributed by atoms with van der Waals surface area (Å²) in [5.74, 6) is 0.919. The van der Waals surface area contributed by atoms with Gasteiger partial charge in [-0.25, -0.2) is 0 Å². The highest BCUT2D eigenvalue weighted by Gasteiger charge is 2.22. The van der Waals surface area contributed by atoms with Crippen molar-refractivity contribution < 1.29 is 9.47 Å². The number of hydrogen-bond donors (Lipinski definition) is 1. The van der Waals surface area contributed by atoms with Crippen LogP contribution in [0.1, 0.15) is 20.3 Å². The molecule has 1 aromatic rings. The molecule has 1 unspecified atom stereocenters. The molecule has 1 aliphatic heterocycles. The van der Waals surface area contributed by atoms with Crippen molar-refractivity contribution in [1.82, 2.24) is 0 Å². The molecule has 0 bridgehead atoms. The van der Waals surface area contributed by atoms with Gasteiger partial charge in [0.2, 0.25) is 0 Å². The lowest BCUT2D eigenvalue weighted by Gasteiger charge is -2.37. The van der Waals surface area contributed by atoms with Crippen LogP contribution in [0.4, 0.5) is 5.69 Å². The number of nitrogens with two attached hydrogens (primary N) is 1. The molecule has 1 saturated heterocycles. The maximum Gasteiger partial charge on any atom is 0.119 e. The van der Waals surface area contributed by atoms with Gasteiger partial charge in [-0.2, -0.15) is 0 Å². The molecule has 2 rings (SSSR count). The molecule has 0 spiro atoms. The van der Waals surface area contributed by atoms with Gasteiger partial charge in [0, 0.05) is 12.2 Å². The van der Waals surface area contributed by atoms with Gasteiger partial charge < -0.3 is 20.1 Å². The van der Waals surface area contributed by atoms with E-state index in [1.807, 2.05) is 26.0 Å². The number of hydrogen-bond acceptors (Lipinski definition) is 4. The van der Waals surface area contributed by atoms with Gasteiger partial charge in [-0.1, -0.05) is 0 Å². The molecule has 0 radical (unpaired) electrons. The van der Waals surface area contributed by atoms with Gasteiger partial charge in [0.05, 0.1) is 25.4 Å². The van der Waals surface area contributed by atoms with Crippen LogP contribution in [0.15, 0.2) is 24.3 Å². The Labute approximate surface area is 115 Å². The maximum absolute atomic E-state index is 5.68. The van der Waals surface area contributed by atoms with Crippen LogP contribution in [-0.2, 0) is 4.74 Å². The Morgan fingerprint density at radius 2 is 2.11 bits per heavy atom. The fourth-order valence-corrected chi connectivity index (χ4v) is 2.41. The van der Waals surface area contributed by atoms with Crippen LogP contribution in [0.25, 0.3) is 0 Å². The van der Waals surface area contributed by atoms with Crippen molar-refractivity contribution in [2.24, 2.45) is 5.73 Å². The van der Waals surface area contributed by atoms with Crippen molar-refractivity contribution in [2.75, 3.05) is 31.2 Å². The second kappa shape index (κ2) is 6.78. The van der Waals surface area contributed by atoms with E-state index in [9.17, 15) is 0 Å². The number of benzene rings is 1. The molecule has 106 valence electrons. The smallest absolute Gasteiger partial charge is 0.119 e. The zero-order chi connectivity index (χ0) is 13.7. The normalized spacial score (nSPS) is 19.8. The summed E-state index contributed by atoms with van der Waals surface area (Å²) in [6.45, 7) is 7.24. The molecule has 1 heterocycles. The number of morpholine rings is 1. The minimum absolute atomic E-state index is 0.208. The summed E-state index contributed by atoms with van der Waals surface area (Å²) >= 11 is 0. The molecule has 1 fully saturated rings. The van der Waals surface area contributed by atoms with Gasteiger partial charge >= 0.3 is 0 Å². The monoisotopic (exact) mass is 264 g/mol. The Bertz CT molecular complexity index is 376. The van der Waals surface area contributed by atoms with Crippen LogP contribution >= 0.6 is 0 Å². The first-order valence-corrected chi connectivity index (χ1v) is 7.02. The molecule has 4 heteroatoms. The fourth-order valence-electron chi connectivity index (χ4n) is 2.41. The summed E-state index contributed by atoms with van der Waals surface area (Å²) in [6.07, 6.45) is 1.17. The average molecular weight is 264 g/mol. The van der Waals surface area contributed by atoms with E-state index < -0.39 is 0 Å². The molecule has 1 aliphatic rings. The van der Waals surface area contributed by atoms with Crippen LogP contribution in [-0.4, -0.2) is 38.4 Å². The highest BCUT2D eigenvalue weighted by Crippen LogP contribution is 2.24. The number of rotatable bonds is 5. The lowest BCUT2D eigenvalue weighted by Crippen LogP contribution is -2.46. The summed E-state index contributed by atoms with van der Waals surface area (Å²) in [4.78, 5) is 2.38. The molecule has 19 heavy (non-hydrogen) atoms. The number of ether oxygens (including phenoxy) is 2. The van der Waals surface area contributed by atoms with E-state index in [4.69, 9.17) is 15.2 Å². The second-order valence-electron chi connectivity index (χ2n) is 5.16. The topological polar surface area (TPSA) is 47.7 Å². The first kappa shape index (κ1) is 14.2. The Kier molecular flexibility index (Phi) is 5.05. The zero-order valence-corrected chi connectivity index (χ0v) is 11.8. The summed E-state index contributed by atoms with van der Waals surface area (Å²) < 4.78 is 11.2. The van der Waals surface area contributed by atoms with E-state index in [1.54, 1.807) is 0 Å². The summed E-state index contributed by atoms with van der Waals surface area (Å²) in [5, 5.41) is 0. The summed E-state index contributed by atoms with van der Waals surface area (Å²) in [5.41, 5.74) is 6.90. The van der Waals surface area contributed by atoms with Gasteiger partial charge in [-0.15, -0.1) is 0 Å². The van der Waals surface area contributed by atoms with E-state index in [-0.39, 0.29) is 6.10 Å². The molecule has 0 aliphatic carbocycles. The third-order valence-electron chi connectivity index (χ3n) is 3.27. The van der Waals surface area contributed by atoms with Crippen molar-refractivity contribution >= 4 is 5.69 Å². The molecule has 1 aromatic carbocycles. The Morgan fingerprint density at radius 3 is 2.74 bits per heavy atom. The van der Waals surface area contributed by atoms with E-state index in [2.05, 4.69) is 17.0 Å². The Morgan fingerprint density at radius 1 is 1.37 bits per heavy atom. The molecule has 2 N–H and O–H groups in total. The molecule has 0 aromatic heterocycles. The van der Waals surface area contributed by atoms with E-state index >= 15 is 0 Å². The standard InChI is InChI=1S/C15H24N2O2/c1-12(2)19-15-5-3-13(4-6-15)17-9-10-18-11-14(17)7-8-16/h3-6,12,14H,7-11,16H2,1-2H3. The maximum atomic E-state index is 5.68. The Hall–Kier alpha value is -1.26. The van der Waals surface area contributed by atoms with Gasteiger partial charge in [-0.3, -0.25) is 0 Å². The molecule has 0 amide bonds. The van der Waals surface area contributed by atoms with Crippen LogP contribution in [0.5, 0.6) is 5.75 Å². The van der Waals surface area contributed by atoms with Crippen LogP contribution in [0.3, 0.4) is 0 Å². The lowest BCUT2D eigenvalue weighted by atomic mass is 10.1. The van der Waals surface area contributed by atoms with Gasteiger partial charge in [0.25, 0.3) is 0 Å². The highest BCUT2D eigenvalue weighted by atomic mass is 16.5. The van der Waals surface area contributed by atoms with Crippen molar-refractivity contribution in [1.29, 1.82) is 0 Å². The third kappa shape index (κ3) is 3.85. The lowest BCUT2D eigenvalue weighted by molar-refractivity contribution is 0.0922. The highest BCUT2D eigenvalue weighted by molar-refractivity contribution is 5.50. The third-order valence-corrected chi connectivity index (χ3v) is 3.27. The molecule has 0 saturated carbocycles. The van der Waals surface area contributed by atoms with Crippen molar-refractivity contribution in [2.45, 2.75) is 32.4 Å². The van der Waals surface area contributed by atoms with E-state index in [0.29, 0.717) is 12.6 Å². The van der Waals surface area contributed by atoms with Crippen molar-refractivity contribution in [3.8, 4) is 5.75 Å². The first-order valence-electron chi connectivity index (χ1n) is 7.02. The molecule has 4 nitrogen and oxygen atoms in total. The first-order chi connectivity index (χ1) is 9.20. The van der Waals surface area contributed by atoms with Gasteiger partial charge in [-0.05, 0) is 51.1 Å². The SMILES string of the molecule is CC(C)Oc1ccc(N2CCOCC2CCN)cc1. The predicted octanol–water partition coefficient (Wildman–Crippen LogP) is 2.03. The van der Waals surface area contributed by atoms with Crippen molar-refractivity contribution in [3.05, 3.63) is 24.3 Å². The number of nitrogens with zero attached hydrogens (tertiary/aromatic N) is 1. The average Bonchev–Trinajstić information content (AvgIpc) is 2.40. The second-order valence-corrected chi connectivity index (χ2v) is 5.16. The zero-order valence-electron chi connectivity index (χ0n) is 11.8. The minimum atomic E-state index is 0.208. The van der Waals surface area contributed by atoms with Crippen LogP contribution in [0, 0.1) is 0 Å². The van der Waals surface area contributed by atoms with E-state index in [0.717, 1.165) is 31.9 Å². The van der Waals surface area contributed by atoms with Crippen LogP contribution < -0.4 is 15.4 Å². The Balaban J connectivity index is 2.06. The van der Waals surface area contributed by atoms with Crippen LogP contribution in [0.2, 0.25) is 0 Å². The largest absolute Gasteiger partial charge is 0.491 e. The number of anilines is 1. The molecular weight excluding hydrogens is 240 g/mol. The summed E-state index contributed by atoms with van der Waals surface area (Å²) in [6, 6.07) is 8.68.